The standard InChI is InChI=1S/C51H70N10O8/c1-32(2)47(49(64)61-31-35(62)25-42(61)50(65)68-51(3,4)5)44-29-45(56-69-44)60-18-11-33(12-19-60)30-57-16-13-36(14-17-57)66-37-26-38(27-37)67-46-24-34(10-15-53-46)58-20-22-59(23-21-58)41-28-40(54-55-48(41)52)39-8-6-7-9-43(39)63/h6-10,15,24,28-29,32-33,35-38,42,47,62-63H,11-14,16-23,25-27,30-31H2,1-5H3,(H2,52,55)/t35-,37-,38-,42+,47-/m1/s1. The molecule has 18 nitrogen and oxygen atoms in total. The van der Waals surface area contributed by atoms with Crippen molar-refractivity contribution in [2.75, 3.05) is 85.9 Å². The van der Waals surface area contributed by atoms with Gasteiger partial charge in [0, 0.05) is 114 Å². The SMILES string of the molecule is CC(C)[C@@H](C(=O)N1C[C@H](O)C[C@H]1C(=O)OC(C)(C)C)c1cc(N2CCC(CN3CCC(O[C@H]4C[C@H](Oc5cc(N6CCN(c7cc(-c8ccccc8O)nnc7N)CC6)ccn5)C4)CC3)CC2)no1. The van der Waals surface area contributed by atoms with Crippen LogP contribution in [0.3, 0.4) is 0 Å². The maximum atomic E-state index is 14.0. The fourth-order valence-corrected chi connectivity index (χ4v) is 10.6. The number of hydrogen-bond donors (Lipinski definition) is 3. The van der Waals surface area contributed by atoms with Crippen LogP contribution in [0.1, 0.15) is 91.2 Å². The number of β-amino-alcohol motifs (C(OH)–C–C–N with tert-alkyl or cyclic N) is 1. The average molecular weight is 951 g/mol. The average Bonchev–Trinajstić information content (AvgIpc) is 3.96. The van der Waals surface area contributed by atoms with Gasteiger partial charge in [0.25, 0.3) is 0 Å². The molecular formula is C51H70N10O8. The number of nitrogens with zero attached hydrogens (tertiary/aromatic N) is 9. The molecule has 5 fully saturated rings. The summed E-state index contributed by atoms with van der Waals surface area (Å²) < 4.78 is 24.4. The molecule has 4 aromatic rings. The van der Waals surface area contributed by atoms with Gasteiger partial charge in [-0.1, -0.05) is 31.1 Å². The summed E-state index contributed by atoms with van der Waals surface area (Å²) in [6.07, 6.45) is 7.65. The van der Waals surface area contributed by atoms with Gasteiger partial charge in [0.15, 0.2) is 17.4 Å². The maximum absolute atomic E-state index is 14.0. The van der Waals surface area contributed by atoms with Crippen molar-refractivity contribution in [1.29, 1.82) is 0 Å². The van der Waals surface area contributed by atoms with Crippen molar-refractivity contribution in [1.82, 2.24) is 30.1 Å². The Morgan fingerprint density at radius 3 is 2.29 bits per heavy atom. The van der Waals surface area contributed by atoms with Crippen molar-refractivity contribution in [3.05, 3.63) is 60.5 Å². The van der Waals surface area contributed by atoms with Gasteiger partial charge in [0.1, 0.15) is 29.4 Å². The molecule has 4 saturated heterocycles. The Morgan fingerprint density at radius 2 is 1.58 bits per heavy atom. The molecule has 372 valence electrons. The summed E-state index contributed by atoms with van der Waals surface area (Å²) >= 11 is 0. The summed E-state index contributed by atoms with van der Waals surface area (Å²) in [6.45, 7) is 17.3. The number of phenolic OH excluding ortho intramolecular Hbond substituents is 1. The number of aliphatic hydroxyl groups is 1. The van der Waals surface area contributed by atoms with Crippen LogP contribution in [-0.2, 0) is 19.1 Å². The number of hydrogen-bond acceptors (Lipinski definition) is 17. The van der Waals surface area contributed by atoms with Crippen molar-refractivity contribution >= 4 is 34.9 Å². The number of pyridine rings is 1. The smallest absolute Gasteiger partial charge is 0.329 e. The Morgan fingerprint density at radius 1 is 0.855 bits per heavy atom. The highest BCUT2D eigenvalue weighted by Gasteiger charge is 2.45. The number of piperidine rings is 2. The van der Waals surface area contributed by atoms with Crippen molar-refractivity contribution in [2.45, 2.75) is 122 Å². The molecule has 4 N–H and O–H groups in total. The van der Waals surface area contributed by atoms with Crippen LogP contribution in [0.5, 0.6) is 11.6 Å². The molecule has 69 heavy (non-hydrogen) atoms. The number of carbonyl (C=O) groups excluding carboxylic acids is 2. The maximum Gasteiger partial charge on any atom is 0.329 e. The highest BCUT2D eigenvalue weighted by molar-refractivity contribution is 5.89. The third-order valence-corrected chi connectivity index (χ3v) is 14.4. The van der Waals surface area contributed by atoms with Crippen molar-refractivity contribution < 1.29 is 38.5 Å². The van der Waals surface area contributed by atoms with E-state index in [4.69, 9.17) is 24.5 Å². The minimum Gasteiger partial charge on any atom is -0.507 e. The molecule has 7 heterocycles. The normalized spacial score (nSPS) is 23.6. The van der Waals surface area contributed by atoms with Crippen LogP contribution in [0, 0.1) is 11.8 Å². The Labute approximate surface area is 405 Å². The van der Waals surface area contributed by atoms with Gasteiger partial charge in [-0.2, -0.15) is 0 Å². The van der Waals surface area contributed by atoms with Crippen LogP contribution in [0.4, 0.5) is 23.0 Å². The second kappa shape index (κ2) is 20.7. The van der Waals surface area contributed by atoms with Crippen molar-refractivity contribution in [3.63, 3.8) is 0 Å². The van der Waals surface area contributed by atoms with E-state index in [-0.39, 0.29) is 48.9 Å². The number of nitrogen functional groups attached to an aromatic ring is 1. The van der Waals surface area contributed by atoms with Crippen molar-refractivity contribution in [2.24, 2.45) is 11.8 Å². The molecule has 1 aromatic carbocycles. The number of phenols is 1. The predicted molar refractivity (Wildman–Crippen MR) is 261 cm³/mol. The third kappa shape index (κ3) is 11.5. The number of rotatable bonds is 14. The Balaban J connectivity index is 0.674. The van der Waals surface area contributed by atoms with Gasteiger partial charge in [0.2, 0.25) is 11.8 Å². The van der Waals surface area contributed by atoms with Gasteiger partial charge < -0.3 is 59.2 Å². The van der Waals surface area contributed by atoms with Crippen LogP contribution in [0.25, 0.3) is 11.3 Å². The van der Waals surface area contributed by atoms with Gasteiger partial charge in [-0.15, -0.1) is 10.2 Å². The molecule has 0 radical (unpaired) electrons. The highest BCUT2D eigenvalue weighted by atomic mass is 16.6. The van der Waals surface area contributed by atoms with E-state index in [9.17, 15) is 19.8 Å². The Hall–Kier alpha value is -5.72. The molecule has 1 saturated carbocycles. The first kappa shape index (κ1) is 48.3. The minimum atomic E-state index is -0.840. The molecule has 1 amide bonds. The summed E-state index contributed by atoms with van der Waals surface area (Å²) in [7, 11) is 0. The molecule has 4 aliphatic heterocycles. The molecule has 3 atom stereocenters. The number of piperazine rings is 1. The van der Waals surface area contributed by atoms with E-state index in [1.54, 1.807) is 32.9 Å². The van der Waals surface area contributed by atoms with Gasteiger partial charge in [0.05, 0.1) is 29.7 Å². The molecule has 9 rings (SSSR count). The second-order valence-corrected chi connectivity index (χ2v) is 21.0. The van der Waals surface area contributed by atoms with Crippen LogP contribution in [-0.4, -0.2) is 154 Å². The molecule has 0 bridgehead atoms. The van der Waals surface area contributed by atoms with E-state index in [1.165, 1.54) is 4.90 Å². The van der Waals surface area contributed by atoms with E-state index < -0.39 is 29.6 Å². The van der Waals surface area contributed by atoms with Crippen LogP contribution >= 0.6 is 0 Å². The fraction of sp³-hybridized carbons (Fsp3) is 0.608. The lowest BCUT2D eigenvalue weighted by atomic mass is 9.91. The first-order valence-corrected chi connectivity index (χ1v) is 25.0. The molecule has 1 aliphatic carbocycles. The van der Waals surface area contributed by atoms with Crippen LogP contribution in [0.2, 0.25) is 0 Å². The summed E-state index contributed by atoms with van der Waals surface area (Å²) in [4.78, 5) is 42.4. The third-order valence-electron chi connectivity index (χ3n) is 14.4. The molecule has 0 unspecified atom stereocenters. The molecular weight excluding hydrogens is 881 g/mol. The number of esters is 1. The zero-order chi connectivity index (χ0) is 48.4. The number of anilines is 4. The number of aromatic hydroxyl groups is 1. The first-order valence-electron chi connectivity index (χ1n) is 25.0. The lowest BCUT2D eigenvalue weighted by Crippen LogP contribution is -2.47. The van der Waals surface area contributed by atoms with E-state index in [2.05, 4.69) is 39.9 Å². The largest absolute Gasteiger partial charge is 0.507 e. The van der Waals surface area contributed by atoms with Gasteiger partial charge in [-0.25, -0.2) is 9.78 Å². The number of nitrogens with two attached hydrogens (primary N) is 1. The lowest BCUT2D eigenvalue weighted by Gasteiger charge is -2.41. The first-order chi connectivity index (χ1) is 33.1. The summed E-state index contributed by atoms with van der Waals surface area (Å²) in [6, 6.07) is 14.1. The van der Waals surface area contributed by atoms with E-state index >= 15 is 0 Å². The van der Waals surface area contributed by atoms with Gasteiger partial charge >= 0.3 is 5.97 Å². The number of aromatic nitrogens is 4. The number of amides is 1. The zero-order valence-corrected chi connectivity index (χ0v) is 40.8. The van der Waals surface area contributed by atoms with E-state index in [0.717, 1.165) is 115 Å². The van der Waals surface area contributed by atoms with Crippen LogP contribution in [0.15, 0.2) is 59.3 Å². The zero-order valence-electron chi connectivity index (χ0n) is 40.8. The predicted octanol–water partition coefficient (Wildman–Crippen LogP) is 5.49. The van der Waals surface area contributed by atoms with Crippen LogP contribution < -0.4 is 25.2 Å². The number of carbonyl (C=O) groups is 2. The monoisotopic (exact) mass is 951 g/mol. The number of aliphatic hydroxyl groups excluding tert-OH is 1. The summed E-state index contributed by atoms with van der Waals surface area (Å²) in [5.41, 5.74) is 8.67. The second-order valence-electron chi connectivity index (χ2n) is 21.0. The summed E-state index contributed by atoms with van der Waals surface area (Å²) in [5.74, 6) is 1.46. The van der Waals surface area contributed by atoms with Gasteiger partial charge in [-0.3, -0.25) is 4.79 Å². The Bertz CT molecular complexity index is 2380. The number of likely N-dealkylation sites (tertiary alicyclic amines) is 2. The highest BCUT2D eigenvalue weighted by Crippen LogP contribution is 2.37. The minimum absolute atomic E-state index is 0.0785. The van der Waals surface area contributed by atoms with E-state index in [0.29, 0.717) is 34.6 Å². The fourth-order valence-electron chi connectivity index (χ4n) is 10.6. The number of benzene rings is 1. The number of ether oxygens (including phenoxy) is 3. The van der Waals surface area contributed by atoms with Gasteiger partial charge in [-0.05, 0) is 82.6 Å². The summed E-state index contributed by atoms with van der Waals surface area (Å²) in [5, 5.41) is 33.7. The van der Waals surface area contributed by atoms with Crippen molar-refractivity contribution in [3.8, 4) is 22.9 Å². The molecule has 5 aliphatic rings. The molecule has 18 heteroatoms. The quantitative estimate of drug-likeness (QED) is 0.134. The number of para-hydroxylation sites is 1. The Kier molecular flexibility index (Phi) is 14.5. The molecule has 0 spiro atoms. The lowest BCUT2D eigenvalue weighted by molar-refractivity contribution is -0.163. The van der Waals surface area contributed by atoms with E-state index in [1.807, 2.05) is 56.4 Å². The topological polar surface area (TPSA) is 209 Å². The molecule has 3 aromatic heterocycles.